The number of phenols is 1. The van der Waals surface area contributed by atoms with E-state index in [1.54, 1.807) is 0 Å². The molecule has 1 radical (unpaired) electrons. The van der Waals surface area contributed by atoms with Crippen LogP contribution in [-0.2, 0) is 32.5 Å². The Hall–Kier alpha value is -1.83. The monoisotopic (exact) mass is 449 g/mol. The molecule has 1 aliphatic rings. The van der Waals surface area contributed by atoms with Crippen LogP contribution in [0.25, 0.3) is 22.3 Å². The van der Waals surface area contributed by atoms with Crippen LogP contribution in [0.5, 0.6) is 5.75 Å². The van der Waals surface area contributed by atoms with Crippen molar-refractivity contribution in [3.8, 4) is 28.0 Å². The molecule has 2 heteroatoms. The number of aromatic hydroxyl groups is 1. The van der Waals surface area contributed by atoms with Crippen molar-refractivity contribution in [2.75, 3.05) is 0 Å². The maximum absolute atomic E-state index is 11.1. The van der Waals surface area contributed by atoms with E-state index >= 15 is 0 Å². The van der Waals surface area contributed by atoms with Crippen molar-refractivity contribution in [1.82, 2.24) is 0 Å². The summed E-state index contributed by atoms with van der Waals surface area (Å²) in [5.41, 5.74) is 9.40. The zero-order chi connectivity index (χ0) is 19.6. The molecular formula is C29H37OTi. The Morgan fingerprint density at radius 1 is 0.742 bits per heavy atom. The molecule has 0 saturated carbocycles. The standard InChI is InChI=1S/C26H28O.3CH3.Ti/c1-16-13-20(24(27)23(14-16)25(2,3)4)17-11-12-19-18-9-7-8-10-21(18)26(5,6)22(19)15-17;;;;/h7-15,27H,1-6H3;3*1H3;/q;3*-1;+3. The summed E-state index contributed by atoms with van der Waals surface area (Å²) in [6.45, 7) is 13.1. The summed E-state index contributed by atoms with van der Waals surface area (Å²) >= 11 is 0. The van der Waals surface area contributed by atoms with Crippen LogP contribution in [0.4, 0.5) is 0 Å². The van der Waals surface area contributed by atoms with Gasteiger partial charge >= 0.3 is 21.7 Å². The molecule has 1 nitrogen and oxygen atoms in total. The van der Waals surface area contributed by atoms with Crippen molar-refractivity contribution >= 4 is 0 Å². The van der Waals surface area contributed by atoms with Crippen molar-refractivity contribution in [1.29, 1.82) is 0 Å². The summed E-state index contributed by atoms with van der Waals surface area (Å²) in [7, 11) is 0. The second kappa shape index (κ2) is 9.76. The molecule has 0 heterocycles. The van der Waals surface area contributed by atoms with Crippen LogP contribution in [0, 0.1) is 29.2 Å². The van der Waals surface area contributed by atoms with Gasteiger partial charge in [0.2, 0.25) is 0 Å². The first-order chi connectivity index (χ1) is 12.6. The average molecular weight is 449 g/mol. The van der Waals surface area contributed by atoms with Gasteiger partial charge in [0.1, 0.15) is 5.75 Å². The number of phenolic OH excluding ortho intramolecular Hbond substituents is 1. The zero-order valence-electron chi connectivity index (χ0n) is 20.6. The summed E-state index contributed by atoms with van der Waals surface area (Å²) in [6.07, 6.45) is 0. The number of hydrogen-bond donors (Lipinski definition) is 1. The Balaban J connectivity index is 0.00000225. The summed E-state index contributed by atoms with van der Waals surface area (Å²) in [4.78, 5) is 0. The van der Waals surface area contributed by atoms with Crippen molar-refractivity contribution in [3.05, 3.63) is 99.1 Å². The molecule has 1 aliphatic carbocycles. The SMILES string of the molecule is Cc1cc(-c2ccc3c(c2)C(C)(C)c2ccccc2-3)c(O)c(C(C)(C)C)c1.[CH3-].[CH3-].[CH3-].[Ti+3]. The third-order valence-electron chi connectivity index (χ3n) is 5.96. The molecule has 163 valence electrons. The molecule has 0 unspecified atom stereocenters. The van der Waals surface area contributed by atoms with E-state index in [4.69, 9.17) is 0 Å². The van der Waals surface area contributed by atoms with E-state index in [1.165, 1.54) is 27.8 Å². The summed E-state index contributed by atoms with van der Waals surface area (Å²) in [6, 6.07) is 19.5. The van der Waals surface area contributed by atoms with E-state index in [0.29, 0.717) is 5.75 Å². The molecule has 0 atom stereocenters. The van der Waals surface area contributed by atoms with Gasteiger partial charge in [0.05, 0.1) is 0 Å². The van der Waals surface area contributed by atoms with Crippen molar-refractivity contribution < 1.29 is 26.8 Å². The fraction of sp³-hybridized carbons (Fsp3) is 0.276. The third kappa shape index (κ3) is 4.69. The molecule has 0 bridgehead atoms. The van der Waals surface area contributed by atoms with Gasteiger partial charge in [0, 0.05) is 16.5 Å². The topological polar surface area (TPSA) is 20.2 Å². The van der Waals surface area contributed by atoms with Gasteiger partial charge < -0.3 is 27.4 Å². The van der Waals surface area contributed by atoms with Gasteiger partial charge in [0.25, 0.3) is 0 Å². The molecule has 4 rings (SSSR count). The molecule has 3 aromatic rings. The van der Waals surface area contributed by atoms with Gasteiger partial charge in [-0.05, 0) is 57.9 Å². The first-order valence-corrected chi connectivity index (χ1v) is 9.69. The van der Waals surface area contributed by atoms with Crippen LogP contribution in [-0.4, -0.2) is 5.11 Å². The molecule has 0 amide bonds. The van der Waals surface area contributed by atoms with E-state index in [1.807, 2.05) is 0 Å². The Morgan fingerprint density at radius 2 is 1.32 bits per heavy atom. The van der Waals surface area contributed by atoms with E-state index in [-0.39, 0.29) is 54.8 Å². The maximum Gasteiger partial charge on any atom is 3.00 e. The van der Waals surface area contributed by atoms with E-state index < -0.39 is 0 Å². The minimum atomic E-state index is -0.100. The minimum Gasteiger partial charge on any atom is -0.507 e. The summed E-state index contributed by atoms with van der Waals surface area (Å²) in [5, 5.41) is 11.1. The normalized spacial score (nSPS) is 12.8. The quantitative estimate of drug-likeness (QED) is 0.292. The van der Waals surface area contributed by atoms with Gasteiger partial charge in [0.15, 0.2) is 0 Å². The Bertz CT molecular complexity index is 1050. The zero-order valence-corrected chi connectivity index (χ0v) is 22.2. The molecule has 3 aromatic carbocycles. The second-order valence-corrected chi connectivity index (χ2v) is 9.39. The molecule has 31 heavy (non-hydrogen) atoms. The minimum absolute atomic E-state index is 0. The predicted octanol–water partition coefficient (Wildman–Crippen LogP) is 8.32. The van der Waals surface area contributed by atoms with E-state index in [0.717, 1.165) is 16.7 Å². The molecule has 0 saturated heterocycles. The maximum atomic E-state index is 11.1. The van der Waals surface area contributed by atoms with Gasteiger partial charge in [-0.25, -0.2) is 0 Å². The smallest absolute Gasteiger partial charge is 0.507 e. The Morgan fingerprint density at radius 3 is 1.94 bits per heavy atom. The Kier molecular flexibility index (Phi) is 9.18. The molecule has 0 aliphatic heterocycles. The van der Waals surface area contributed by atoms with Crippen LogP contribution in [0.3, 0.4) is 0 Å². The third-order valence-corrected chi connectivity index (χ3v) is 5.96. The van der Waals surface area contributed by atoms with Crippen LogP contribution < -0.4 is 0 Å². The van der Waals surface area contributed by atoms with Crippen molar-refractivity contribution in [2.45, 2.75) is 52.4 Å². The van der Waals surface area contributed by atoms with Crippen LogP contribution in [0.15, 0.2) is 54.6 Å². The molecule has 0 spiro atoms. The number of fused-ring (bicyclic) bond motifs is 3. The predicted molar refractivity (Wildman–Crippen MR) is 134 cm³/mol. The van der Waals surface area contributed by atoms with Crippen LogP contribution in [0.2, 0.25) is 0 Å². The van der Waals surface area contributed by atoms with Gasteiger partial charge in [-0.1, -0.05) is 77.1 Å². The van der Waals surface area contributed by atoms with Crippen molar-refractivity contribution in [3.63, 3.8) is 0 Å². The first-order valence-electron chi connectivity index (χ1n) is 9.69. The van der Waals surface area contributed by atoms with Gasteiger partial charge in [-0.15, -0.1) is 0 Å². The number of benzene rings is 3. The van der Waals surface area contributed by atoms with Gasteiger partial charge in [-0.3, -0.25) is 0 Å². The number of aryl methyl sites for hydroxylation is 1. The summed E-state index contributed by atoms with van der Waals surface area (Å²) < 4.78 is 0. The van der Waals surface area contributed by atoms with Crippen LogP contribution >= 0.6 is 0 Å². The second-order valence-electron chi connectivity index (χ2n) is 9.39. The van der Waals surface area contributed by atoms with Crippen molar-refractivity contribution in [2.24, 2.45) is 0 Å². The molecule has 1 N–H and O–H groups in total. The number of rotatable bonds is 1. The molecular weight excluding hydrogens is 412 g/mol. The van der Waals surface area contributed by atoms with Crippen LogP contribution in [0.1, 0.15) is 56.9 Å². The summed E-state index contributed by atoms with van der Waals surface area (Å²) in [5.74, 6) is 0.404. The fourth-order valence-electron chi connectivity index (χ4n) is 4.44. The first kappa shape index (κ1) is 29.2. The average Bonchev–Trinajstić information content (AvgIpc) is 2.84. The number of hydrogen-bond acceptors (Lipinski definition) is 1. The molecule has 0 aromatic heterocycles. The van der Waals surface area contributed by atoms with E-state index in [2.05, 4.69) is 96.1 Å². The fourth-order valence-corrected chi connectivity index (χ4v) is 4.44. The largest absolute Gasteiger partial charge is 3.00 e. The van der Waals surface area contributed by atoms with E-state index in [9.17, 15) is 5.11 Å². The van der Waals surface area contributed by atoms with Gasteiger partial charge in [-0.2, -0.15) is 0 Å². The Labute approximate surface area is 205 Å². The molecule has 0 fully saturated rings.